The number of hydrogen-bond acceptors (Lipinski definition) is 12. The Morgan fingerprint density at radius 2 is 1.39 bits per heavy atom. The number of rotatable bonds is 12. The van der Waals surface area contributed by atoms with Gasteiger partial charge in [-0.3, -0.25) is 0 Å². The molecule has 0 radical (unpaired) electrons. The molecule has 18 nitrogen and oxygen atoms in total. The molecule has 54 heavy (non-hydrogen) atoms. The van der Waals surface area contributed by atoms with Crippen molar-refractivity contribution in [2.24, 2.45) is 0 Å². The third kappa shape index (κ3) is 6.00. The van der Waals surface area contributed by atoms with Crippen LogP contribution in [0, 0.1) is 0 Å². The first-order valence-corrected chi connectivity index (χ1v) is 16.8. The van der Waals surface area contributed by atoms with E-state index in [0.29, 0.717) is 62.6 Å². The van der Waals surface area contributed by atoms with E-state index < -0.39 is 30.4 Å². The molecule has 0 aliphatic carbocycles. The van der Waals surface area contributed by atoms with Crippen LogP contribution in [0.2, 0.25) is 0 Å². The van der Waals surface area contributed by atoms with Crippen LogP contribution < -0.4 is 0 Å². The third-order valence-corrected chi connectivity index (χ3v) is 8.66. The summed E-state index contributed by atoms with van der Waals surface area (Å²) in [6, 6.07) is 15.0. The van der Waals surface area contributed by atoms with Gasteiger partial charge in [0.25, 0.3) is 0 Å². The van der Waals surface area contributed by atoms with Crippen molar-refractivity contribution in [2.45, 2.75) is 39.5 Å². The van der Waals surface area contributed by atoms with E-state index in [-0.39, 0.29) is 23.8 Å². The summed E-state index contributed by atoms with van der Waals surface area (Å²) >= 11 is 0. The average Bonchev–Trinajstić information content (AvgIpc) is 4.00. The third-order valence-electron chi connectivity index (χ3n) is 8.66. The molecule has 2 atom stereocenters. The van der Waals surface area contributed by atoms with Crippen LogP contribution in [0.15, 0.2) is 98.9 Å². The SMILES string of the molecule is CCC(OC(=O)c1cc2oc(-c3ccn(C(C)OC(=O)c4cc5oc(-c6ccn(COC(=O)c7cc8occc8[nH]7)n6)cc5[nH]4)n3)cc2[nH]1)n1cccn1. The van der Waals surface area contributed by atoms with Crippen LogP contribution >= 0.6 is 0 Å². The Labute approximate surface area is 302 Å². The predicted octanol–water partition coefficient (Wildman–Crippen LogP) is 6.79. The standard InChI is InChI=1S/C36H29N9O9/c1-3-33(45-9-4-8-37-45)54-36(48)27-17-32-24(40-27)14-30(53-32)22-6-11-44(42-22)19(2)51-35(47)26-16-31-23(39-26)13-29(52-31)21-5-10-43(41-21)18-50-34(46)25-15-28-20(38-25)7-12-49-28/h4-17,19,33,38-40H,3,18H2,1-2H3. The highest BCUT2D eigenvalue weighted by Gasteiger charge is 2.23. The Morgan fingerprint density at radius 3 is 2.06 bits per heavy atom. The number of aromatic amines is 3. The molecule has 0 aromatic carbocycles. The topological polar surface area (TPSA) is 219 Å². The zero-order valence-electron chi connectivity index (χ0n) is 28.5. The van der Waals surface area contributed by atoms with Gasteiger partial charge in [-0.05, 0) is 25.1 Å². The van der Waals surface area contributed by atoms with E-state index in [4.69, 9.17) is 27.5 Å². The molecule has 9 aromatic rings. The fourth-order valence-corrected chi connectivity index (χ4v) is 5.95. The molecule has 0 aliphatic heterocycles. The molecule has 9 heterocycles. The van der Waals surface area contributed by atoms with Gasteiger partial charge in [0, 0.05) is 67.6 Å². The van der Waals surface area contributed by atoms with Gasteiger partial charge in [-0.25, -0.2) is 28.4 Å². The Bertz CT molecular complexity index is 2690. The van der Waals surface area contributed by atoms with E-state index in [2.05, 4.69) is 30.2 Å². The van der Waals surface area contributed by atoms with Crippen LogP contribution in [-0.2, 0) is 20.9 Å². The Morgan fingerprint density at radius 1 is 0.741 bits per heavy atom. The molecule has 9 rings (SSSR count). The van der Waals surface area contributed by atoms with E-state index in [1.165, 1.54) is 15.6 Å². The second kappa shape index (κ2) is 12.9. The summed E-state index contributed by atoms with van der Waals surface area (Å²) in [5.74, 6) is -0.793. The summed E-state index contributed by atoms with van der Waals surface area (Å²) in [4.78, 5) is 47.2. The number of carbonyl (C=O) groups is 3. The second-order valence-electron chi connectivity index (χ2n) is 12.3. The molecule has 9 aromatic heterocycles. The zero-order valence-corrected chi connectivity index (χ0v) is 28.5. The van der Waals surface area contributed by atoms with Crippen molar-refractivity contribution in [2.75, 3.05) is 0 Å². The van der Waals surface area contributed by atoms with Gasteiger partial charge < -0.3 is 42.4 Å². The molecule has 18 heteroatoms. The highest BCUT2D eigenvalue weighted by molar-refractivity contribution is 5.95. The Kier molecular flexibility index (Phi) is 7.76. The van der Waals surface area contributed by atoms with Crippen LogP contribution in [0.1, 0.15) is 64.2 Å². The highest BCUT2D eigenvalue weighted by Crippen LogP contribution is 2.30. The maximum Gasteiger partial charge on any atom is 0.356 e. The number of nitrogens with one attached hydrogen (secondary N) is 3. The normalized spacial score (nSPS) is 12.9. The van der Waals surface area contributed by atoms with Gasteiger partial charge in [-0.1, -0.05) is 6.92 Å². The molecule has 2 unspecified atom stereocenters. The lowest BCUT2D eigenvalue weighted by atomic mass is 10.3. The second-order valence-corrected chi connectivity index (χ2v) is 12.3. The van der Waals surface area contributed by atoms with Crippen LogP contribution in [0.25, 0.3) is 56.2 Å². The van der Waals surface area contributed by atoms with E-state index in [1.807, 2.05) is 6.92 Å². The van der Waals surface area contributed by atoms with Crippen LogP contribution in [0.3, 0.4) is 0 Å². The fraction of sp³-hybridized carbons (Fsp3) is 0.167. The predicted molar refractivity (Wildman–Crippen MR) is 187 cm³/mol. The molecule has 0 saturated carbocycles. The van der Waals surface area contributed by atoms with Crippen molar-refractivity contribution in [3.63, 3.8) is 0 Å². The van der Waals surface area contributed by atoms with Gasteiger partial charge in [-0.2, -0.15) is 15.3 Å². The van der Waals surface area contributed by atoms with Gasteiger partial charge in [-0.15, -0.1) is 0 Å². The van der Waals surface area contributed by atoms with E-state index in [0.717, 1.165) is 0 Å². The monoisotopic (exact) mass is 731 g/mol. The Hall–Kier alpha value is -7.50. The van der Waals surface area contributed by atoms with Crippen LogP contribution in [-0.4, -0.2) is 62.2 Å². The summed E-state index contributed by atoms with van der Waals surface area (Å²) in [7, 11) is 0. The number of furan rings is 3. The number of aromatic nitrogens is 9. The maximum absolute atomic E-state index is 13.1. The minimum atomic E-state index is -0.764. The summed E-state index contributed by atoms with van der Waals surface area (Å²) in [5.41, 5.74) is 5.01. The van der Waals surface area contributed by atoms with Crippen molar-refractivity contribution >= 4 is 51.2 Å². The van der Waals surface area contributed by atoms with Gasteiger partial charge >= 0.3 is 17.9 Å². The van der Waals surface area contributed by atoms with Gasteiger partial charge in [0.15, 0.2) is 47.5 Å². The number of esters is 3. The molecule has 0 spiro atoms. The van der Waals surface area contributed by atoms with Crippen molar-refractivity contribution < 1.29 is 41.8 Å². The van der Waals surface area contributed by atoms with Crippen molar-refractivity contribution in [1.82, 2.24) is 44.3 Å². The molecule has 3 N–H and O–H groups in total. The molecule has 0 amide bonds. The van der Waals surface area contributed by atoms with Gasteiger partial charge in [0.1, 0.15) is 28.5 Å². The van der Waals surface area contributed by atoms with Crippen LogP contribution in [0.4, 0.5) is 0 Å². The first-order chi connectivity index (χ1) is 26.3. The number of nitrogens with zero attached hydrogens (tertiary/aromatic N) is 6. The summed E-state index contributed by atoms with van der Waals surface area (Å²) in [6.45, 7) is 3.46. The number of H-pyrrole nitrogens is 3. The summed E-state index contributed by atoms with van der Waals surface area (Å²) < 4.78 is 38.3. The zero-order chi connectivity index (χ0) is 36.9. The van der Waals surface area contributed by atoms with Crippen molar-refractivity contribution in [3.8, 4) is 22.9 Å². The van der Waals surface area contributed by atoms with E-state index in [1.54, 1.807) is 91.0 Å². The summed E-state index contributed by atoms with van der Waals surface area (Å²) in [6.07, 6.45) is 7.46. The van der Waals surface area contributed by atoms with Gasteiger partial charge in [0.2, 0.25) is 0 Å². The first-order valence-electron chi connectivity index (χ1n) is 16.8. The van der Waals surface area contributed by atoms with E-state index >= 15 is 0 Å². The number of ether oxygens (including phenoxy) is 3. The molecule has 0 bridgehead atoms. The van der Waals surface area contributed by atoms with E-state index in [9.17, 15) is 14.4 Å². The van der Waals surface area contributed by atoms with Crippen molar-refractivity contribution in [1.29, 1.82) is 0 Å². The van der Waals surface area contributed by atoms with Crippen molar-refractivity contribution in [3.05, 3.63) is 103 Å². The molecule has 0 fully saturated rings. The minimum absolute atomic E-state index is 0.116. The lowest BCUT2D eigenvalue weighted by Gasteiger charge is -2.15. The molecule has 272 valence electrons. The molecular formula is C36H29N9O9. The fourth-order valence-electron chi connectivity index (χ4n) is 5.95. The van der Waals surface area contributed by atoms with Gasteiger partial charge in [0.05, 0.1) is 22.8 Å². The largest absolute Gasteiger partial charge is 0.463 e. The quantitative estimate of drug-likeness (QED) is 0.0874. The lowest BCUT2D eigenvalue weighted by molar-refractivity contribution is 0.00272. The smallest absolute Gasteiger partial charge is 0.356 e. The molecule has 0 aliphatic rings. The number of hydrogen-bond donors (Lipinski definition) is 3. The number of fused-ring (bicyclic) bond motifs is 3. The molecule has 0 saturated heterocycles. The highest BCUT2D eigenvalue weighted by atomic mass is 16.6. The first kappa shape index (κ1) is 32.4. The van der Waals surface area contributed by atoms with Crippen LogP contribution in [0.5, 0.6) is 0 Å². The maximum atomic E-state index is 13.1. The molecular weight excluding hydrogens is 702 g/mol. The average molecular weight is 732 g/mol. The Balaban J connectivity index is 0.804. The number of carbonyl (C=O) groups excluding carboxylic acids is 3. The minimum Gasteiger partial charge on any atom is -0.463 e. The summed E-state index contributed by atoms with van der Waals surface area (Å²) in [5, 5.41) is 13.1. The lowest BCUT2D eigenvalue weighted by Crippen LogP contribution is -2.17.